The van der Waals surface area contributed by atoms with Crippen LogP contribution in [0.4, 0.5) is 4.79 Å². The van der Waals surface area contributed by atoms with Crippen molar-refractivity contribution in [3.8, 4) is 0 Å². The van der Waals surface area contributed by atoms with E-state index in [9.17, 15) is 9.59 Å². The van der Waals surface area contributed by atoms with Crippen molar-refractivity contribution in [1.82, 2.24) is 20.9 Å². The third-order valence-electron chi connectivity index (χ3n) is 4.81. The number of nitrogens with zero attached hydrogens (tertiary/aromatic N) is 1. The Balaban J connectivity index is 0.00000364. The van der Waals surface area contributed by atoms with Gasteiger partial charge < -0.3 is 20.9 Å². The number of likely N-dealkylation sites (N-methyl/N-ethyl adjacent to an activating group) is 1. The molecule has 152 valence electrons. The van der Waals surface area contributed by atoms with Crippen LogP contribution in [-0.4, -0.2) is 49.1 Å². The number of hydrogen-bond acceptors (Lipinski definition) is 3. The molecular weight excluding hydrogens is 364 g/mol. The molecule has 1 aliphatic rings. The first-order chi connectivity index (χ1) is 12.4. The highest BCUT2D eigenvalue weighted by molar-refractivity contribution is 5.87. The number of hydrogen-bond donors (Lipinski definition) is 3. The van der Waals surface area contributed by atoms with Crippen LogP contribution in [0.1, 0.15) is 37.8 Å². The molecule has 27 heavy (non-hydrogen) atoms. The van der Waals surface area contributed by atoms with Crippen LogP contribution in [0.3, 0.4) is 0 Å². The van der Waals surface area contributed by atoms with Crippen LogP contribution in [0, 0.1) is 12.8 Å². The molecule has 3 amide bonds. The second-order valence-electron chi connectivity index (χ2n) is 7.59. The van der Waals surface area contributed by atoms with Crippen molar-refractivity contribution < 1.29 is 9.59 Å². The molecule has 0 aliphatic carbocycles. The highest BCUT2D eigenvalue weighted by atomic mass is 35.5. The lowest BCUT2D eigenvalue weighted by Gasteiger charge is -2.29. The van der Waals surface area contributed by atoms with Gasteiger partial charge in [0.1, 0.15) is 6.04 Å². The Morgan fingerprint density at radius 2 is 1.93 bits per heavy atom. The Morgan fingerprint density at radius 3 is 2.48 bits per heavy atom. The molecule has 0 saturated carbocycles. The first-order valence-corrected chi connectivity index (χ1v) is 9.44. The first kappa shape index (κ1) is 23.2. The standard InChI is InChI=1S/C20H32N4O2.ClH/c1-14(2)11-18(19(25)24(4)17-9-10-21-13-17)23-20(26)22-12-16-7-5-15(3)6-8-16;/h5-8,14,17-18,21H,9-13H2,1-4H3,(H2,22,23,26);1H. The maximum Gasteiger partial charge on any atom is 0.315 e. The lowest BCUT2D eigenvalue weighted by atomic mass is 10.0. The van der Waals surface area contributed by atoms with Gasteiger partial charge in [-0.1, -0.05) is 43.7 Å². The molecule has 0 bridgehead atoms. The normalized spacial score (nSPS) is 17.1. The van der Waals surface area contributed by atoms with Crippen molar-refractivity contribution in [2.24, 2.45) is 5.92 Å². The minimum absolute atomic E-state index is 0. The van der Waals surface area contributed by atoms with Crippen LogP contribution in [-0.2, 0) is 11.3 Å². The molecule has 0 aromatic heterocycles. The Hall–Kier alpha value is -1.79. The highest BCUT2D eigenvalue weighted by Gasteiger charge is 2.30. The smallest absolute Gasteiger partial charge is 0.315 e. The predicted molar refractivity (Wildman–Crippen MR) is 111 cm³/mol. The molecule has 1 aromatic carbocycles. The zero-order valence-corrected chi connectivity index (χ0v) is 17.6. The molecule has 2 rings (SSSR count). The van der Waals surface area contributed by atoms with E-state index < -0.39 is 6.04 Å². The number of urea groups is 1. The molecule has 1 aromatic rings. The summed E-state index contributed by atoms with van der Waals surface area (Å²) in [5.74, 6) is 0.300. The van der Waals surface area contributed by atoms with Crippen LogP contribution in [0.25, 0.3) is 0 Å². The van der Waals surface area contributed by atoms with Crippen LogP contribution >= 0.6 is 12.4 Å². The quantitative estimate of drug-likeness (QED) is 0.662. The summed E-state index contributed by atoms with van der Waals surface area (Å²) < 4.78 is 0. The molecule has 1 aliphatic heterocycles. The summed E-state index contributed by atoms with van der Waals surface area (Å²) in [6, 6.07) is 7.42. The van der Waals surface area contributed by atoms with Gasteiger partial charge in [0.05, 0.1) is 0 Å². The number of carbonyl (C=O) groups is 2. The van der Waals surface area contributed by atoms with Crippen LogP contribution < -0.4 is 16.0 Å². The molecule has 1 saturated heterocycles. The highest BCUT2D eigenvalue weighted by Crippen LogP contribution is 2.12. The third-order valence-corrected chi connectivity index (χ3v) is 4.81. The third kappa shape index (κ3) is 7.39. The van der Waals surface area contributed by atoms with Crippen molar-refractivity contribution >= 4 is 24.3 Å². The second-order valence-corrected chi connectivity index (χ2v) is 7.59. The van der Waals surface area contributed by atoms with E-state index in [-0.39, 0.29) is 30.4 Å². The van der Waals surface area contributed by atoms with E-state index in [0.717, 1.165) is 25.1 Å². The van der Waals surface area contributed by atoms with Gasteiger partial charge in [0.2, 0.25) is 5.91 Å². The minimum atomic E-state index is -0.501. The number of aryl methyl sites for hydroxylation is 1. The van der Waals surface area contributed by atoms with Crippen LogP contribution in [0.5, 0.6) is 0 Å². The van der Waals surface area contributed by atoms with Gasteiger partial charge >= 0.3 is 6.03 Å². The van der Waals surface area contributed by atoms with Crippen LogP contribution in [0.2, 0.25) is 0 Å². The number of amides is 3. The van der Waals surface area contributed by atoms with Gasteiger partial charge in [0.25, 0.3) is 0 Å². The summed E-state index contributed by atoms with van der Waals surface area (Å²) in [6.07, 6.45) is 1.58. The molecule has 7 heteroatoms. The number of halogens is 1. The molecule has 2 atom stereocenters. The van der Waals surface area contributed by atoms with Gasteiger partial charge in [0.15, 0.2) is 0 Å². The molecular formula is C20H33ClN4O2. The Labute approximate surface area is 168 Å². The number of benzene rings is 1. The van der Waals surface area contributed by atoms with E-state index in [0.29, 0.717) is 18.9 Å². The monoisotopic (exact) mass is 396 g/mol. The van der Waals surface area contributed by atoms with E-state index in [4.69, 9.17) is 0 Å². The molecule has 1 fully saturated rings. The SMILES string of the molecule is Cc1ccc(CNC(=O)NC(CC(C)C)C(=O)N(C)C2CCNC2)cc1.Cl. The van der Waals surface area contributed by atoms with Crippen molar-refractivity contribution in [1.29, 1.82) is 0 Å². The van der Waals surface area contributed by atoms with Crippen molar-refractivity contribution in [2.75, 3.05) is 20.1 Å². The lowest BCUT2D eigenvalue weighted by molar-refractivity contribution is -0.134. The van der Waals surface area contributed by atoms with Crippen LogP contribution in [0.15, 0.2) is 24.3 Å². The average Bonchev–Trinajstić information content (AvgIpc) is 3.13. The minimum Gasteiger partial charge on any atom is -0.340 e. The van der Waals surface area contributed by atoms with E-state index >= 15 is 0 Å². The van der Waals surface area contributed by atoms with Crippen molar-refractivity contribution in [3.05, 3.63) is 35.4 Å². The Bertz CT molecular complexity index is 601. The molecule has 6 nitrogen and oxygen atoms in total. The van der Waals surface area contributed by atoms with Gasteiger partial charge in [-0.3, -0.25) is 4.79 Å². The van der Waals surface area contributed by atoms with E-state index in [1.54, 1.807) is 4.90 Å². The van der Waals surface area contributed by atoms with Crippen molar-refractivity contribution in [2.45, 2.75) is 52.2 Å². The van der Waals surface area contributed by atoms with Gasteiger partial charge in [-0.15, -0.1) is 12.4 Å². The maximum atomic E-state index is 12.9. The lowest BCUT2D eigenvalue weighted by Crippen LogP contribution is -2.53. The number of nitrogens with one attached hydrogen (secondary N) is 3. The maximum absolute atomic E-state index is 12.9. The first-order valence-electron chi connectivity index (χ1n) is 9.44. The predicted octanol–water partition coefficient (Wildman–Crippen LogP) is 2.45. The molecule has 2 unspecified atom stereocenters. The summed E-state index contributed by atoms with van der Waals surface area (Å²) in [7, 11) is 1.83. The topological polar surface area (TPSA) is 73.5 Å². The van der Waals surface area contributed by atoms with Gasteiger partial charge in [0, 0.05) is 26.2 Å². The summed E-state index contributed by atoms with van der Waals surface area (Å²) >= 11 is 0. The summed E-state index contributed by atoms with van der Waals surface area (Å²) in [5, 5.41) is 9.00. The van der Waals surface area contributed by atoms with E-state index in [1.165, 1.54) is 5.56 Å². The fourth-order valence-electron chi connectivity index (χ4n) is 3.19. The Morgan fingerprint density at radius 1 is 1.26 bits per heavy atom. The average molecular weight is 397 g/mol. The number of rotatable bonds is 7. The number of carbonyl (C=O) groups excluding carboxylic acids is 2. The zero-order valence-electron chi connectivity index (χ0n) is 16.7. The van der Waals surface area contributed by atoms with Gasteiger partial charge in [-0.25, -0.2) is 4.79 Å². The molecule has 1 heterocycles. The summed E-state index contributed by atoms with van der Waals surface area (Å²) in [6.45, 7) is 8.34. The van der Waals surface area contributed by atoms with E-state index in [1.807, 2.05) is 38.2 Å². The van der Waals surface area contributed by atoms with Gasteiger partial charge in [-0.2, -0.15) is 0 Å². The van der Waals surface area contributed by atoms with E-state index in [2.05, 4.69) is 29.8 Å². The largest absolute Gasteiger partial charge is 0.340 e. The fourth-order valence-corrected chi connectivity index (χ4v) is 3.19. The Kier molecular flexibility index (Phi) is 9.60. The second kappa shape index (κ2) is 11.1. The summed E-state index contributed by atoms with van der Waals surface area (Å²) in [5.41, 5.74) is 2.22. The zero-order chi connectivity index (χ0) is 19.1. The van der Waals surface area contributed by atoms with Crippen molar-refractivity contribution in [3.63, 3.8) is 0 Å². The van der Waals surface area contributed by atoms with Gasteiger partial charge in [-0.05, 0) is 37.8 Å². The fraction of sp³-hybridized carbons (Fsp3) is 0.600. The molecule has 0 radical (unpaired) electrons. The molecule has 0 spiro atoms. The summed E-state index contributed by atoms with van der Waals surface area (Å²) in [4.78, 5) is 27.0. The molecule has 3 N–H and O–H groups in total.